The van der Waals surface area contributed by atoms with Crippen LogP contribution in [0.3, 0.4) is 0 Å². The number of non-ortho nitro benzene ring substituents is 1. The Kier molecular flexibility index (Phi) is 8.23. The van der Waals surface area contributed by atoms with Crippen molar-refractivity contribution in [1.82, 2.24) is 5.32 Å². The van der Waals surface area contributed by atoms with E-state index in [0.29, 0.717) is 16.2 Å². The average molecular weight is 543 g/mol. The fourth-order valence-electron chi connectivity index (χ4n) is 3.86. The first-order valence-electron chi connectivity index (χ1n) is 11.6. The van der Waals surface area contributed by atoms with Gasteiger partial charge in [-0.05, 0) is 18.2 Å². The molecule has 11 nitrogen and oxygen atoms in total. The fourth-order valence-corrected chi connectivity index (χ4v) is 6.58. The molecule has 4 aromatic carbocycles. The van der Waals surface area contributed by atoms with Crippen molar-refractivity contribution in [2.75, 3.05) is 5.43 Å². The molecule has 0 saturated heterocycles. The number of amides is 1. The van der Waals surface area contributed by atoms with Crippen LogP contribution in [-0.2, 0) is 4.57 Å². The number of carbonyl (C=O) groups is 1. The van der Waals surface area contributed by atoms with Crippen LogP contribution in [0, 0.1) is 20.2 Å². The van der Waals surface area contributed by atoms with Crippen LogP contribution in [0.1, 0.15) is 10.4 Å². The standard InChI is InChI=1S/C27H22N5O6P/c33-27(20-10-4-1-5-11-20)29-26(19-28-30-24-17-16-21(31(34)35)18-25(24)32(36)37)39(38,22-12-6-2-7-13-22)23-14-8-3-9-15-23/h1-19,26,30H,(H,29,33)/b28-19-/t26-/m1/s1. The minimum atomic E-state index is -3.63. The molecule has 0 unspecified atom stereocenters. The van der Waals surface area contributed by atoms with Crippen LogP contribution in [0.5, 0.6) is 0 Å². The molecule has 0 bridgehead atoms. The molecule has 0 aliphatic carbocycles. The third-order valence-electron chi connectivity index (χ3n) is 5.78. The molecule has 0 aromatic heterocycles. The molecule has 0 spiro atoms. The number of nitrogens with one attached hydrogen (secondary N) is 2. The number of rotatable bonds is 10. The van der Waals surface area contributed by atoms with Gasteiger partial charge in [0.15, 0.2) is 7.14 Å². The quantitative estimate of drug-likeness (QED) is 0.127. The normalized spacial score (nSPS) is 12.0. The molecule has 0 saturated carbocycles. The van der Waals surface area contributed by atoms with E-state index in [1.165, 1.54) is 6.21 Å². The lowest BCUT2D eigenvalue weighted by molar-refractivity contribution is -0.393. The van der Waals surface area contributed by atoms with Gasteiger partial charge in [0.05, 0.1) is 22.1 Å². The summed E-state index contributed by atoms with van der Waals surface area (Å²) < 4.78 is 14.9. The Morgan fingerprint density at radius 2 is 1.33 bits per heavy atom. The van der Waals surface area contributed by atoms with Crippen molar-refractivity contribution < 1.29 is 19.2 Å². The Labute approximate surface area is 222 Å². The van der Waals surface area contributed by atoms with Gasteiger partial charge in [-0.25, -0.2) is 0 Å². The molecule has 4 aromatic rings. The van der Waals surface area contributed by atoms with Gasteiger partial charge in [0.2, 0.25) is 0 Å². The van der Waals surface area contributed by atoms with Crippen LogP contribution >= 0.6 is 7.14 Å². The van der Waals surface area contributed by atoms with E-state index >= 15 is 0 Å². The first kappa shape index (κ1) is 26.9. The maximum Gasteiger partial charge on any atom is 0.301 e. The summed E-state index contributed by atoms with van der Waals surface area (Å²) in [6, 6.07) is 28.7. The van der Waals surface area contributed by atoms with E-state index in [1.807, 2.05) is 0 Å². The van der Waals surface area contributed by atoms with E-state index in [1.54, 1.807) is 91.0 Å². The molecular formula is C27H22N5O6P. The van der Waals surface area contributed by atoms with Gasteiger partial charge >= 0.3 is 5.69 Å². The Balaban J connectivity index is 1.77. The second-order valence-electron chi connectivity index (χ2n) is 8.22. The van der Waals surface area contributed by atoms with Crippen molar-refractivity contribution in [1.29, 1.82) is 0 Å². The second kappa shape index (κ2) is 11.9. The molecular weight excluding hydrogens is 521 g/mol. The summed E-state index contributed by atoms with van der Waals surface area (Å²) in [5.41, 5.74) is 1.70. The highest BCUT2D eigenvalue weighted by molar-refractivity contribution is 7.80. The lowest BCUT2D eigenvalue weighted by atomic mass is 10.2. The third kappa shape index (κ3) is 6.06. The van der Waals surface area contributed by atoms with Crippen LogP contribution < -0.4 is 21.4 Å². The number of anilines is 1. The van der Waals surface area contributed by atoms with E-state index in [2.05, 4.69) is 15.8 Å². The smallest absolute Gasteiger partial charge is 0.301 e. The summed E-state index contributed by atoms with van der Waals surface area (Å²) >= 11 is 0. The van der Waals surface area contributed by atoms with Crippen LogP contribution in [0.15, 0.2) is 114 Å². The average Bonchev–Trinajstić information content (AvgIpc) is 2.97. The minimum absolute atomic E-state index is 0.121. The predicted octanol–water partition coefficient (Wildman–Crippen LogP) is 4.67. The number of nitrogens with zero attached hydrogens (tertiary/aromatic N) is 3. The minimum Gasteiger partial charge on any atom is -0.337 e. The topological polar surface area (TPSA) is 157 Å². The third-order valence-corrected chi connectivity index (χ3v) is 8.95. The number of benzene rings is 4. The van der Waals surface area contributed by atoms with Gasteiger partial charge in [-0.2, -0.15) is 5.10 Å². The molecule has 1 amide bonds. The van der Waals surface area contributed by atoms with Gasteiger partial charge in [0.25, 0.3) is 11.6 Å². The SMILES string of the molecule is O=C(N[C@@H](/C=N\Nc1ccc([N+](=O)[O-])cc1[N+](=O)[O-])P(=O)(c1ccccc1)c1ccccc1)c1ccccc1. The van der Waals surface area contributed by atoms with E-state index in [4.69, 9.17) is 0 Å². The van der Waals surface area contributed by atoms with Crippen LogP contribution in [0.25, 0.3) is 0 Å². The van der Waals surface area contributed by atoms with Crippen molar-refractivity contribution in [2.24, 2.45) is 5.10 Å². The lowest BCUT2D eigenvalue weighted by Gasteiger charge is -2.27. The largest absolute Gasteiger partial charge is 0.337 e. The van der Waals surface area contributed by atoms with E-state index in [-0.39, 0.29) is 5.69 Å². The van der Waals surface area contributed by atoms with Gasteiger partial charge in [-0.3, -0.25) is 30.4 Å². The summed E-state index contributed by atoms with van der Waals surface area (Å²) in [7, 11) is -3.63. The van der Waals surface area contributed by atoms with Crippen molar-refractivity contribution >= 4 is 46.9 Å². The molecule has 4 rings (SSSR count). The van der Waals surface area contributed by atoms with Crippen LogP contribution in [0.2, 0.25) is 0 Å². The summed E-state index contributed by atoms with van der Waals surface area (Å²) in [5, 5.41) is 30.4. The number of nitro groups is 2. The fraction of sp³-hybridized carbons (Fsp3) is 0.0370. The van der Waals surface area contributed by atoms with E-state index in [9.17, 15) is 29.6 Å². The Bertz CT molecular complexity index is 1520. The van der Waals surface area contributed by atoms with Crippen LogP contribution in [-0.4, -0.2) is 27.8 Å². The number of nitro benzene ring substituents is 2. The zero-order chi connectivity index (χ0) is 27.8. The van der Waals surface area contributed by atoms with Crippen molar-refractivity contribution in [2.45, 2.75) is 5.78 Å². The van der Waals surface area contributed by atoms with Gasteiger partial charge in [-0.15, -0.1) is 0 Å². The zero-order valence-corrected chi connectivity index (χ0v) is 21.2. The first-order valence-corrected chi connectivity index (χ1v) is 13.4. The predicted molar refractivity (Wildman–Crippen MR) is 149 cm³/mol. The molecule has 0 heterocycles. The highest BCUT2D eigenvalue weighted by Gasteiger charge is 2.37. The van der Waals surface area contributed by atoms with Crippen molar-refractivity contribution in [3.8, 4) is 0 Å². The summed E-state index contributed by atoms with van der Waals surface area (Å²) in [4.78, 5) is 34.2. The maximum atomic E-state index is 14.9. The molecule has 12 heteroatoms. The number of carbonyl (C=O) groups excluding carboxylic acids is 1. The monoisotopic (exact) mass is 543 g/mol. The zero-order valence-electron chi connectivity index (χ0n) is 20.3. The van der Waals surface area contributed by atoms with Gasteiger partial charge in [0, 0.05) is 22.2 Å². The molecule has 0 aliphatic heterocycles. The van der Waals surface area contributed by atoms with Crippen molar-refractivity contribution in [3.05, 3.63) is 135 Å². The van der Waals surface area contributed by atoms with Crippen molar-refractivity contribution in [3.63, 3.8) is 0 Å². The summed E-state index contributed by atoms with van der Waals surface area (Å²) in [5.74, 6) is -1.67. The number of hydrogen-bond donors (Lipinski definition) is 2. The number of hydrogen-bond acceptors (Lipinski definition) is 8. The number of hydrazone groups is 1. The molecule has 0 aliphatic rings. The van der Waals surface area contributed by atoms with Crippen LogP contribution in [0.4, 0.5) is 17.1 Å². The molecule has 0 fully saturated rings. The lowest BCUT2D eigenvalue weighted by Crippen LogP contribution is -2.41. The molecule has 0 radical (unpaired) electrons. The maximum absolute atomic E-state index is 14.9. The Morgan fingerprint density at radius 1 is 0.795 bits per heavy atom. The molecule has 2 N–H and O–H groups in total. The summed E-state index contributed by atoms with van der Waals surface area (Å²) in [6.45, 7) is 0. The van der Waals surface area contributed by atoms with E-state index in [0.717, 1.165) is 18.2 Å². The Hall–Kier alpha value is -5.15. The van der Waals surface area contributed by atoms with Gasteiger partial charge in [-0.1, -0.05) is 78.9 Å². The van der Waals surface area contributed by atoms with Gasteiger partial charge < -0.3 is 9.88 Å². The van der Waals surface area contributed by atoms with E-state index < -0.39 is 40.1 Å². The second-order valence-corrected chi connectivity index (χ2v) is 11.1. The highest BCUT2D eigenvalue weighted by Crippen LogP contribution is 2.47. The Morgan fingerprint density at radius 3 is 1.85 bits per heavy atom. The first-order chi connectivity index (χ1) is 18.8. The van der Waals surface area contributed by atoms with Gasteiger partial charge in [0.1, 0.15) is 11.5 Å². The molecule has 196 valence electrons. The molecule has 39 heavy (non-hydrogen) atoms. The summed E-state index contributed by atoms with van der Waals surface area (Å²) in [6.07, 6.45) is 1.22. The molecule has 1 atom stereocenters. The highest BCUT2D eigenvalue weighted by atomic mass is 31.2.